The Labute approximate surface area is 87.6 Å². The average molecular weight is 204 g/mol. The minimum absolute atomic E-state index is 0.871. The van der Waals surface area contributed by atoms with Crippen LogP contribution < -0.4 is 5.32 Å². The fourth-order valence-electron chi connectivity index (χ4n) is 1.26. The summed E-state index contributed by atoms with van der Waals surface area (Å²) in [5.41, 5.74) is 3.47. The van der Waals surface area contributed by atoms with Crippen molar-refractivity contribution < 1.29 is 0 Å². The molecule has 0 saturated carbocycles. The van der Waals surface area contributed by atoms with Gasteiger partial charge in [0, 0.05) is 12.7 Å². The summed E-state index contributed by atoms with van der Waals surface area (Å²) in [4.78, 5) is 4.22. The van der Waals surface area contributed by atoms with Crippen LogP contribution in [0.25, 0.3) is 0 Å². The summed E-state index contributed by atoms with van der Waals surface area (Å²) in [7, 11) is 0. The van der Waals surface area contributed by atoms with Crippen LogP contribution in [0.2, 0.25) is 0 Å². The molecule has 3 heteroatoms. The zero-order valence-corrected chi connectivity index (χ0v) is 8.84. The summed E-state index contributed by atoms with van der Waals surface area (Å²) in [6.45, 7) is 2.88. The van der Waals surface area contributed by atoms with Crippen molar-refractivity contribution in [3.8, 4) is 0 Å². The van der Waals surface area contributed by atoms with E-state index < -0.39 is 0 Å². The molecule has 0 spiro atoms. The lowest BCUT2D eigenvalue weighted by molar-refractivity contribution is 1.12. The molecule has 0 fully saturated rings. The van der Waals surface area contributed by atoms with E-state index in [-0.39, 0.29) is 0 Å². The molecule has 0 aliphatic carbocycles. The number of pyridine rings is 1. The molecule has 0 aliphatic heterocycles. The number of hydrogen-bond acceptors (Lipinski definition) is 3. The summed E-state index contributed by atoms with van der Waals surface area (Å²) in [6.07, 6.45) is 1.81. The second-order valence-electron chi connectivity index (χ2n) is 3.12. The molecule has 2 heterocycles. The van der Waals surface area contributed by atoms with E-state index >= 15 is 0 Å². The van der Waals surface area contributed by atoms with E-state index in [4.69, 9.17) is 0 Å². The first-order valence-corrected chi connectivity index (χ1v) is 5.47. The van der Waals surface area contributed by atoms with Gasteiger partial charge in [-0.2, -0.15) is 11.3 Å². The van der Waals surface area contributed by atoms with Gasteiger partial charge >= 0.3 is 0 Å². The highest BCUT2D eigenvalue weighted by molar-refractivity contribution is 7.07. The van der Waals surface area contributed by atoms with Gasteiger partial charge in [0.2, 0.25) is 0 Å². The van der Waals surface area contributed by atoms with Gasteiger partial charge in [0.25, 0.3) is 0 Å². The SMILES string of the molecule is Cc1ncccc1NCc1ccsc1. The van der Waals surface area contributed by atoms with Crippen LogP contribution in [0.5, 0.6) is 0 Å². The molecule has 14 heavy (non-hydrogen) atoms. The van der Waals surface area contributed by atoms with E-state index in [0.29, 0.717) is 0 Å². The first-order chi connectivity index (χ1) is 6.86. The minimum atomic E-state index is 0.871. The molecule has 2 aromatic heterocycles. The molecule has 2 nitrogen and oxygen atoms in total. The number of hydrogen-bond donors (Lipinski definition) is 1. The van der Waals surface area contributed by atoms with E-state index in [2.05, 4.69) is 33.2 Å². The van der Waals surface area contributed by atoms with Crippen LogP contribution in [0.4, 0.5) is 5.69 Å². The van der Waals surface area contributed by atoms with Crippen molar-refractivity contribution >= 4 is 17.0 Å². The highest BCUT2D eigenvalue weighted by atomic mass is 32.1. The van der Waals surface area contributed by atoms with Crippen molar-refractivity contribution in [2.45, 2.75) is 13.5 Å². The second-order valence-corrected chi connectivity index (χ2v) is 3.90. The molecule has 1 N–H and O–H groups in total. The lowest BCUT2D eigenvalue weighted by Crippen LogP contribution is -2.00. The number of nitrogens with one attached hydrogen (secondary N) is 1. The van der Waals surface area contributed by atoms with Gasteiger partial charge in [0.05, 0.1) is 11.4 Å². The first kappa shape index (κ1) is 9.21. The van der Waals surface area contributed by atoms with Crippen LogP contribution in [0, 0.1) is 6.92 Å². The van der Waals surface area contributed by atoms with E-state index in [9.17, 15) is 0 Å². The van der Waals surface area contributed by atoms with Gasteiger partial charge < -0.3 is 5.32 Å². The quantitative estimate of drug-likeness (QED) is 0.831. The van der Waals surface area contributed by atoms with Crippen molar-refractivity contribution in [2.24, 2.45) is 0 Å². The number of anilines is 1. The van der Waals surface area contributed by atoms with Crippen LogP contribution in [-0.2, 0) is 6.54 Å². The third-order valence-electron chi connectivity index (χ3n) is 2.07. The van der Waals surface area contributed by atoms with Crippen molar-refractivity contribution in [1.29, 1.82) is 0 Å². The van der Waals surface area contributed by atoms with Crippen LogP contribution in [0.1, 0.15) is 11.3 Å². The van der Waals surface area contributed by atoms with Crippen LogP contribution in [0.3, 0.4) is 0 Å². The maximum absolute atomic E-state index is 4.22. The fraction of sp³-hybridized carbons (Fsp3) is 0.182. The molecular weight excluding hydrogens is 192 g/mol. The molecule has 0 atom stereocenters. The molecule has 0 aromatic carbocycles. The number of rotatable bonds is 3. The molecule has 0 amide bonds. The summed E-state index contributed by atoms with van der Waals surface area (Å²) >= 11 is 1.72. The van der Waals surface area contributed by atoms with Gasteiger partial charge in [-0.25, -0.2) is 0 Å². The topological polar surface area (TPSA) is 24.9 Å². The number of aromatic nitrogens is 1. The predicted molar refractivity (Wildman–Crippen MR) is 60.6 cm³/mol. The molecule has 0 unspecified atom stereocenters. The standard InChI is InChI=1S/C11H12N2S/c1-9-11(3-2-5-12-9)13-7-10-4-6-14-8-10/h2-6,8,13H,7H2,1H3. The van der Waals surface area contributed by atoms with Crippen LogP contribution in [-0.4, -0.2) is 4.98 Å². The van der Waals surface area contributed by atoms with Crippen LogP contribution >= 0.6 is 11.3 Å². The summed E-state index contributed by atoms with van der Waals surface area (Å²) in [5.74, 6) is 0. The Kier molecular flexibility index (Phi) is 2.79. The molecule has 2 aromatic rings. The number of nitrogens with zero attached hydrogens (tertiary/aromatic N) is 1. The molecule has 0 radical (unpaired) electrons. The van der Waals surface area contributed by atoms with Crippen molar-refractivity contribution in [2.75, 3.05) is 5.32 Å². The Morgan fingerprint density at radius 1 is 1.43 bits per heavy atom. The summed E-state index contributed by atoms with van der Waals surface area (Å²) in [5, 5.41) is 7.60. The number of thiophene rings is 1. The maximum Gasteiger partial charge on any atom is 0.0603 e. The van der Waals surface area contributed by atoms with E-state index in [0.717, 1.165) is 17.9 Å². The normalized spacial score (nSPS) is 10.1. The molecule has 0 bridgehead atoms. The third kappa shape index (κ3) is 2.12. The maximum atomic E-state index is 4.22. The number of aryl methyl sites for hydroxylation is 1. The largest absolute Gasteiger partial charge is 0.379 e. The predicted octanol–water partition coefficient (Wildman–Crippen LogP) is 3.06. The van der Waals surface area contributed by atoms with Gasteiger partial charge in [-0.3, -0.25) is 4.98 Å². The zero-order valence-electron chi connectivity index (χ0n) is 8.03. The van der Waals surface area contributed by atoms with Gasteiger partial charge in [-0.1, -0.05) is 0 Å². The monoisotopic (exact) mass is 204 g/mol. The Hall–Kier alpha value is -1.35. The second kappa shape index (κ2) is 4.24. The Balaban J connectivity index is 2.02. The molecule has 0 saturated heterocycles. The highest BCUT2D eigenvalue weighted by Gasteiger charge is 1.97. The lowest BCUT2D eigenvalue weighted by atomic mass is 10.3. The summed E-state index contributed by atoms with van der Waals surface area (Å²) < 4.78 is 0. The fourth-order valence-corrected chi connectivity index (χ4v) is 1.93. The molecule has 72 valence electrons. The van der Waals surface area contributed by atoms with Crippen molar-refractivity contribution in [3.63, 3.8) is 0 Å². The Morgan fingerprint density at radius 3 is 3.07 bits per heavy atom. The summed E-state index contributed by atoms with van der Waals surface area (Å²) in [6, 6.07) is 6.13. The van der Waals surface area contributed by atoms with Crippen molar-refractivity contribution in [3.05, 3.63) is 46.4 Å². The van der Waals surface area contributed by atoms with Crippen LogP contribution in [0.15, 0.2) is 35.2 Å². The minimum Gasteiger partial charge on any atom is -0.379 e. The van der Waals surface area contributed by atoms with Gasteiger partial charge in [-0.05, 0) is 41.4 Å². The van der Waals surface area contributed by atoms with Gasteiger partial charge in [0.1, 0.15) is 0 Å². The van der Waals surface area contributed by atoms with Gasteiger partial charge in [0.15, 0.2) is 0 Å². The lowest BCUT2D eigenvalue weighted by Gasteiger charge is -2.06. The Bertz CT molecular complexity index is 395. The molecular formula is C11H12N2S. The van der Waals surface area contributed by atoms with E-state index in [1.807, 2.05) is 19.2 Å². The van der Waals surface area contributed by atoms with E-state index in [1.165, 1.54) is 5.56 Å². The third-order valence-corrected chi connectivity index (χ3v) is 2.80. The van der Waals surface area contributed by atoms with Gasteiger partial charge in [-0.15, -0.1) is 0 Å². The average Bonchev–Trinajstić information content (AvgIpc) is 2.69. The van der Waals surface area contributed by atoms with E-state index in [1.54, 1.807) is 11.3 Å². The zero-order chi connectivity index (χ0) is 9.80. The smallest absolute Gasteiger partial charge is 0.0603 e. The molecule has 0 aliphatic rings. The Morgan fingerprint density at radius 2 is 2.36 bits per heavy atom. The molecule has 2 rings (SSSR count). The first-order valence-electron chi connectivity index (χ1n) is 4.53. The highest BCUT2D eigenvalue weighted by Crippen LogP contribution is 2.13. The van der Waals surface area contributed by atoms with Crippen molar-refractivity contribution in [1.82, 2.24) is 4.98 Å².